The zero-order valence-corrected chi connectivity index (χ0v) is 12.0. The molecule has 0 bridgehead atoms. The molecule has 0 saturated heterocycles. The lowest BCUT2D eigenvalue weighted by atomic mass is 10.2. The van der Waals surface area contributed by atoms with E-state index in [-0.39, 0.29) is 22.5 Å². The van der Waals surface area contributed by atoms with Crippen molar-refractivity contribution in [3.8, 4) is 5.88 Å². The fourth-order valence-electron chi connectivity index (χ4n) is 1.57. The largest absolute Gasteiger partial charge is 0.492 e. The lowest BCUT2D eigenvalue weighted by molar-refractivity contribution is 0.448. The Balaban J connectivity index is 2.25. The predicted octanol–water partition coefficient (Wildman–Crippen LogP) is 1.87. The first-order valence-corrected chi connectivity index (χ1v) is 6.29. The standard InChI is InChI=1S/C13H15N5OS/c1-18(2)9-5-3-8(4-6-9)7-15-10-11(14)16-13(20)17-12(10)19/h3-7H,1-2H3,(H4,14,16,17,19,20). The third-order valence-corrected chi connectivity index (χ3v) is 2.83. The Hall–Kier alpha value is -2.28. The monoisotopic (exact) mass is 289 g/mol. The molecular weight excluding hydrogens is 274 g/mol. The molecule has 0 aliphatic carbocycles. The van der Waals surface area contributed by atoms with Crippen molar-refractivity contribution in [2.75, 3.05) is 24.7 Å². The summed E-state index contributed by atoms with van der Waals surface area (Å²) in [7, 11) is 3.94. The highest BCUT2D eigenvalue weighted by Gasteiger charge is 2.08. The molecule has 0 atom stereocenters. The molecule has 0 aliphatic rings. The summed E-state index contributed by atoms with van der Waals surface area (Å²) >= 11 is 3.92. The molecule has 2 rings (SSSR count). The lowest BCUT2D eigenvalue weighted by Crippen LogP contribution is -2.08. The van der Waals surface area contributed by atoms with Crippen LogP contribution in [-0.4, -0.2) is 35.4 Å². The van der Waals surface area contributed by atoms with Gasteiger partial charge in [-0.3, -0.25) is 0 Å². The van der Waals surface area contributed by atoms with Gasteiger partial charge in [-0.15, -0.1) is 12.6 Å². The maximum atomic E-state index is 9.67. The molecule has 0 fully saturated rings. The van der Waals surface area contributed by atoms with Gasteiger partial charge in [0.15, 0.2) is 16.7 Å². The van der Waals surface area contributed by atoms with Gasteiger partial charge in [0.1, 0.15) is 0 Å². The van der Waals surface area contributed by atoms with Crippen LogP contribution in [0.15, 0.2) is 34.4 Å². The van der Waals surface area contributed by atoms with E-state index in [4.69, 9.17) is 5.73 Å². The van der Waals surface area contributed by atoms with E-state index in [2.05, 4.69) is 27.6 Å². The number of hydrogen-bond acceptors (Lipinski definition) is 7. The van der Waals surface area contributed by atoms with Gasteiger partial charge < -0.3 is 15.7 Å². The first kappa shape index (κ1) is 14.1. The minimum Gasteiger partial charge on any atom is -0.492 e. The summed E-state index contributed by atoms with van der Waals surface area (Å²) in [6, 6.07) is 7.77. The van der Waals surface area contributed by atoms with Crippen molar-refractivity contribution in [2.24, 2.45) is 4.99 Å². The molecule has 1 aromatic heterocycles. The highest BCUT2D eigenvalue weighted by molar-refractivity contribution is 7.80. The molecule has 6 nitrogen and oxygen atoms in total. The summed E-state index contributed by atoms with van der Waals surface area (Å²) in [6.07, 6.45) is 1.59. The van der Waals surface area contributed by atoms with Crippen LogP contribution in [0.5, 0.6) is 5.88 Å². The minimum absolute atomic E-state index is 0.0867. The van der Waals surface area contributed by atoms with Gasteiger partial charge in [0.05, 0.1) is 0 Å². The second-order valence-electron chi connectivity index (χ2n) is 4.33. The van der Waals surface area contributed by atoms with Crippen molar-refractivity contribution < 1.29 is 5.11 Å². The number of aliphatic imine (C=N–C) groups is 1. The van der Waals surface area contributed by atoms with Crippen LogP contribution in [-0.2, 0) is 0 Å². The minimum atomic E-state index is -0.288. The molecule has 7 heteroatoms. The average molecular weight is 289 g/mol. The number of benzene rings is 1. The van der Waals surface area contributed by atoms with Crippen LogP contribution in [0.1, 0.15) is 5.56 Å². The molecule has 104 valence electrons. The zero-order valence-electron chi connectivity index (χ0n) is 11.1. The highest BCUT2D eigenvalue weighted by atomic mass is 32.1. The number of nitrogens with two attached hydrogens (primary N) is 1. The number of anilines is 2. The normalized spacial score (nSPS) is 10.9. The number of aromatic hydroxyl groups is 1. The Kier molecular flexibility index (Phi) is 4.09. The van der Waals surface area contributed by atoms with E-state index in [1.807, 2.05) is 43.3 Å². The molecule has 2 aromatic rings. The van der Waals surface area contributed by atoms with Crippen LogP contribution >= 0.6 is 12.6 Å². The summed E-state index contributed by atoms with van der Waals surface area (Å²) in [5, 5.41) is 9.77. The van der Waals surface area contributed by atoms with Gasteiger partial charge in [-0.25, -0.2) is 9.98 Å². The quantitative estimate of drug-likeness (QED) is 0.456. The average Bonchev–Trinajstić information content (AvgIpc) is 2.38. The Labute approximate surface area is 122 Å². The molecular formula is C13H15N5OS. The number of thiol groups is 1. The van der Waals surface area contributed by atoms with Crippen LogP contribution in [0.25, 0.3) is 0 Å². The number of rotatable bonds is 3. The van der Waals surface area contributed by atoms with Crippen molar-refractivity contribution in [3.63, 3.8) is 0 Å². The Morgan fingerprint density at radius 3 is 2.45 bits per heavy atom. The van der Waals surface area contributed by atoms with E-state index >= 15 is 0 Å². The third-order valence-electron chi connectivity index (χ3n) is 2.63. The maximum absolute atomic E-state index is 9.67. The smallest absolute Gasteiger partial charge is 0.243 e. The molecule has 0 unspecified atom stereocenters. The van der Waals surface area contributed by atoms with E-state index in [0.717, 1.165) is 11.3 Å². The number of hydrogen-bond donors (Lipinski definition) is 3. The highest BCUT2D eigenvalue weighted by Crippen LogP contribution is 2.29. The Bertz CT molecular complexity index is 617. The van der Waals surface area contributed by atoms with Crippen LogP contribution in [0.3, 0.4) is 0 Å². The molecule has 3 N–H and O–H groups in total. The Morgan fingerprint density at radius 2 is 1.90 bits per heavy atom. The summed E-state index contributed by atoms with van der Waals surface area (Å²) < 4.78 is 0. The van der Waals surface area contributed by atoms with E-state index in [9.17, 15) is 5.11 Å². The second kappa shape index (κ2) is 5.79. The van der Waals surface area contributed by atoms with Gasteiger partial charge >= 0.3 is 0 Å². The molecule has 0 saturated carbocycles. The van der Waals surface area contributed by atoms with Gasteiger partial charge in [-0.2, -0.15) is 4.98 Å². The molecule has 0 radical (unpaired) electrons. The third kappa shape index (κ3) is 3.18. The van der Waals surface area contributed by atoms with Gasteiger partial charge in [0.2, 0.25) is 5.88 Å². The maximum Gasteiger partial charge on any atom is 0.243 e. The Morgan fingerprint density at radius 1 is 1.25 bits per heavy atom. The van der Waals surface area contributed by atoms with Crippen LogP contribution in [0.2, 0.25) is 0 Å². The molecule has 0 amide bonds. The van der Waals surface area contributed by atoms with E-state index in [0.29, 0.717) is 0 Å². The van der Waals surface area contributed by atoms with E-state index < -0.39 is 0 Å². The van der Waals surface area contributed by atoms with Crippen molar-refractivity contribution in [1.29, 1.82) is 0 Å². The first-order valence-electron chi connectivity index (χ1n) is 5.84. The van der Waals surface area contributed by atoms with E-state index in [1.54, 1.807) is 6.21 Å². The molecule has 0 spiro atoms. The SMILES string of the molecule is CN(C)c1ccc(C=Nc2c(N)nc(S)nc2O)cc1. The van der Waals surface area contributed by atoms with Gasteiger partial charge in [-0.05, 0) is 17.7 Å². The zero-order chi connectivity index (χ0) is 14.7. The van der Waals surface area contributed by atoms with Gasteiger partial charge in [0.25, 0.3) is 0 Å². The van der Waals surface area contributed by atoms with Crippen LogP contribution in [0.4, 0.5) is 17.2 Å². The van der Waals surface area contributed by atoms with Crippen LogP contribution < -0.4 is 10.6 Å². The van der Waals surface area contributed by atoms with Crippen molar-refractivity contribution in [2.45, 2.75) is 5.16 Å². The lowest BCUT2D eigenvalue weighted by Gasteiger charge is -2.11. The number of aromatic nitrogens is 2. The topological polar surface area (TPSA) is 87.6 Å². The van der Waals surface area contributed by atoms with Gasteiger partial charge in [0, 0.05) is 26.0 Å². The summed E-state index contributed by atoms with van der Waals surface area (Å²) in [5.74, 6) is -0.202. The summed E-state index contributed by atoms with van der Waals surface area (Å²) in [6.45, 7) is 0. The van der Waals surface area contributed by atoms with Crippen molar-refractivity contribution in [3.05, 3.63) is 29.8 Å². The van der Waals surface area contributed by atoms with Gasteiger partial charge in [-0.1, -0.05) is 12.1 Å². The second-order valence-corrected chi connectivity index (χ2v) is 4.73. The summed E-state index contributed by atoms with van der Waals surface area (Å²) in [5.41, 5.74) is 7.78. The number of nitrogen functional groups attached to an aromatic ring is 1. The van der Waals surface area contributed by atoms with Crippen molar-refractivity contribution >= 4 is 36.0 Å². The van der Waals surface area contributed by atoms with Crippen molar-refractivity contribution in [1.82, 2.24) is 9.97 Å². The molecule has 1 aromatic carbocycles. The number of nitrogens with zero attached hydrogens (tertiary/aromatic N) is 4. The molecule has 1 heterocycles. The molecule has 0 aliphatic heterocycles. The summed E-state index contributed by atoms with van der Waals surface area (Å²) in [4.78, 5) is 13.6. The van der Waals surface area contributed by atoms with Crippen LogP contribution in [0, 0.1) is 0 Å². The predicted molar refractivity (Wildman–Crippen MR) is 83.4 cm³/mol. The fraction of sp³-hybridized carbons (Fsp3) is 0.154. The molecule has 20 heavy (non-hydrogen) atoms. The fourth-order valence-corrected chi connectivity index (χ4v) is 1.77. The first-order chi connectivity index (χ1) is 9.47. The van der Waals surface area contributed by atoms with E-state index in [1.165, 1.54) is 0 Å².